The van der Waals surface area contributed by atoms with Crippen LogP contribution in [0.4, 0.5) is 0 Å². The number of benzene rings is 3. The Kier molecular flexibility index (Phi) is 7.60. The molecule has 0 bridgehead atoms. The molecule has 6 nitrogen and oxygen atoms in total. The van der Waals surface area contributed by atoms with E-state index in [9.17, 15) is 9.59 Å². The second-order valence-electron chi connectivity index (χ2n) is 8.48. The number of carbonyl (C=O) groups excluding carboxylic acids is 1. The van der Waals surface area contributed by atoms with E-state index in [2.05, 4.69) is 0 Å². The Morgan fingerprint density at radius 3 is 2.34 bits per heavy atom. The van der Waals surface area contributed by atoms with Gasteiger partial charge in [0, 0.05) is 6.54 Å². The first-order chi connectivity index (χ1) is 17.0. The van der Waals surface area contributed by atoms with Crippen LogP contribution in [0.25, 0.3) is 16.6 Å². The van der Waals surface area contributed by atoms with Gasteiger partial charge < -0.3 is 9.64 Å². The summed E-state index contributed by atoms with van der Waals surface area (Å²) in [7, 11) is 0. The van der Waals surface area contributed by atoms with Crippen LogP contribution in [0.5, 0.6) is 5.75 Å². The van der Waals surface area contributed by atoms with Gasteiger partial charge in [-0.1, -0.05) is 49.4 Å². The van der Waals surface area contributed by atoms with Gasteiger partial charge in [-0.2, -0.15) is 0 Å². The molecule has 0 radical (unpaired) electrons. The van der Waals surface area contributed by atoms with Gasteiger partial charge in [-0.25, -0.2) is 4.98 Å². The summed E-state index contributed by atoms with van der Waals surface area (Å²) < 4.78 is 7.20. The number of rotatable bonds is 9. The number of carbonyl (C=O) groups is 1. The van der Waals surface area contributed by atoms with Crippen molar-refractivity contribution in [2.45, 2.75) is 39.7 Å². The maximum absolute atomic E-state index is 13.7. The number of hydrogen-bond donors (Lipinski definition) is 0. The Morgan fingerprint density at radius 2 is 1.66 bits per heavy atom. The number of amides is 1. The van der Waals surface area contributed by atoms with Crippen molar-refractivity contribution < 1.29 is 9.53 Å². The zero-order valence-electron chi connectivity index (χ0n) is 20.5. The highest BCUT2D eigenvalue weighted by molar-refractivity contribution is 5.80. The summed E-state index contributed by atoms with van der Waals surface area (Å²) in [6, 6.07) is 24.1. The van der Waals surface area contributed by atoms with E-state index < -0.39 is 6.04 Å². The minimum atomic E-state index is -0.407. The molecule has 0 fully saturated rings. The quantitative estimate of drug-likeness (QED) is 0.333. The molecule has 1 aromatic heterocycles. The van der Waals surface area contributed by atoms with Gasteiger partial charge in [0.15, 0.2) is 0 Å². The van der Waals surface area contributed by atoms with Crippen molar-refractivity contribution in [3.8, 4) is 11.4 Å². The molecule has 0 saturated carbocycles. The molecule has 1 amide bonds. The van der Waals surface area contributed by atoms with Crippen LogP contribution in [0.15, 0.2) is 83.7 Å². The molecule has 1 atom stereocenters. The largest absolute Gasteiger partial charge is 0.494 e. The monoisotopic (exact) mass is 469 g/mol. The number of fused-ring (bicyclic) bond motifs is 1. The van der Waals surface area contributed by atoms with Crippen LogP contribution in [0.1, 0.15) is 44.6 Å². The maximum atomic E-state index is 13.7. The predicted molar refractivity (Wildman–Crippen MR) is 139 cm³/mol. The summed E-state index contributed by atoms with van der Waals surface area (Å²) in [6.07, 6.45) is 1.10. The Labute approximate surface area is 205 Å². The second kappa shape index (κ2) is 11.0. The number of nitrogens with zero attached hydrogens (tertiary/aromatic N) is 3. The zero-order chi connectivity index (χ0) is 24.8. The smallest absolute Gasteiger partial charge is 0.266 e. The van der Waals surface area contributed by atoms with Crippen molar-refractivity contribution >= 4 is 16.8 Å². The molecule has 4 rings (SSSR count). The van der Waals surface area contributed by atoms with E-state index in [1.807, 2.05) is 98.5 Å². The van der Waals surface area contributed by atoms with Crippen LogP contribution in [0.2, 0.25) is 0 Å². The van der Waals surface area contributed by atoms with Gasteiger partial charge in [-0.15, -0.1) is 0 Å². The molecule has 3 aromatic carbocycles. The lowest BCUT2D eigenvalue weighted by Crippen LogP contribution is -2.38. The van der Waals surface area contributed by atoms with Crippen LogP contribution in [0.3, 0.4) is 0 Å². The van der Waals surface area contributed by atoms with Crippen LogP contribution < -0.4 is 10.3 Å². The minimum absolute atomic E-state index is 0.00574. The Bertz CT molecular complexity index is 1350. The van der Waals surface area contributed by atoms with E-state index in [1.165, 1.54) is 0 Å². The molecule has 1 heterocycles. The molecular formula is C29H31N3O3. The highest BCUT2D eigenvalue weighted by atomic mass is 16.5. The second-order valence-corrected chi connectivity index (χ2v) is 8.48. The van der Waals surface area contributed by atoms with E-state index in [1.54, 1.807) is 10.6 Å². The van der Waals surface area contributed by atoms with Crippen molar-refractivity contribution in [3.05, 3.63) is 101 Å². The lowest BCUT2D eigenvalue weighted by molar-refractivity contribution is -0.132. The van der Waals surface area contributed by atoms with Crippen LogP contribution in [-0.2, 0) is 11.2 Å². The van der Waals surface area contributed by atoms with Crippen LogP contribution in [-0.4, -0.2) is 33.5 Å². The summed E-state index contributed by atoms with van der Waals surface area (Å²) in [5.41, 5.74) is 2.11. The third-order valence-electron chi connectivity index (χ3n) is 6.03. The van der Waals surface area contributed by atoms with E-state index in [4.69, 9.17) is 9.72 Å². The molecule has 0 saturated heterocycles. The van der Waals surface area contributed by atoms with Crippen molar-refractivity contribution in [3.63, 3.8) is 0 Å². The van der Waals surface area contributed by atoms with Gasteiger partial charge in [0.2, 0.25) is 5.91 Å². The average molecular weight is 470 g/mol. The summed E-state index contributed by atoms with van der Waals surface area (Å²) in [5, 5.41) is 0.537. The van der Waals surface area contributed by atoms with Crippen molar-refractivity contribution in [1.82, 2.24) is 14.5 Å². The maximum Gasteiger partial charge on any atom is 0.266 e. The predicted octanol–water partition coefficient (Wildman–Crippen LogP) is 5.33. The van der Waals surface area contributed by atoms with Crippen molar-refractivity contribution in [1.29, 1.82) is 0 Å². The number of para-hydroxylation sites is 1. The summed E-state index contributed by atoms with van der Waals surface area (Å²) in [4.78, 5) is 33.8. The highest BCUT2D eigenvalue weighted by Gasteiger charge is 2.26. The molecule has 0 aliphatic carbocycles. The summed E-state index contributed by atoms with van der Waals surface area (Å²) in [5.74, 6) is 1.28. The summed E-state index contributed by atoms with van der Waals surface area (Å²) >= 11 is 0. The molecule has 0 aliphatic rings. The summed E-state index contributed by atoms with van der Waals surface area (Å²) in [6.45, 7) is 7.05. The molecule has 4 aromatic rings. The van der Waals surface area contributed by atoms with Gasteiger partial charge in [-0.05, 0) is 62.2 Å². The van der Waals surface area contributed by atoms with Gasteiger partial charge in [-0.3, -0.25) is 14.2 Å². The third-order valence-corrected chi connectivity index (χ3v) is 6.03. The number of aromatic nitrogens is 2. The lowest BCUT2D eigenvalue weighted by Gasteiger charge is -2.30. The standard InChI is InChI=1S/C29H31N3O3/c1-4-19-31(27(33)20-22-11-7-6-8-12-22)21(3)28-30-26-14-10-9-13-25(26)29(34)32(28)23-15-17-24(18-16-23)35-5-2/h6-18,21H,4-5,19-20H2,1-3H3. The average Bonchev–Trinajstić information content (AvgIpc) is 2.88. The SMILES string of the molecule is CCCN(C(=O)Cc1ccccc1)C(C)c1nc2ccccc2c(=O)n1-c1ccc(OCC)cc1. The highest BCUT2D eigenvalue weighted by Crippen LogP contribution is 2.25. The molecule has 0 spiro atoms. The van der Waals surface area contributed by atoms with Gasteiger partial charge >= 0.3 is 0 Å². The number of hydrogen-bond acceptors (Lipinski definition) is 4. The minimum Gasteiger partial charge on any atom is -0.494 e. The zero-order valence-corrected chi connectivity index (χ0v) is 20.5. The first-order valence-corrected chi connectivity index (χ1v) is 12.1. The molecule has 180 valence electrons. The van der Waals surface area contributed by atoms with Crippen LogP contribution >= 0.6 is 0 Å². The van der Waals surface area contributed by atoms with Gasteiger partial charge in [0.1, 0.15) is 11.6 Å². The molecule has 0 N–H and O–H groups in total. The Hall–Kier alpha value is -3.93. The van der Waals surface area contributed by atoms with Crippen LogP contribution in [0, 0.1) is 0 Å². The normalized spacial score (nSPS) is 11.9. The molecule has 35 heavy (non-hydrogen) atoms. The number of ether oxygens (including phenoxy) is 1. The van der Waals surface area contributed by atoms with Gasteiger partial charge in [0.25, 0.3) is 5.56 Å². The fourth-order valence-electron chi connectivity index (χ4n) is 4.32. The topological polar surface area (TPSA) is 64.4 Å². The molecule has 0 aliphatic heterocycles. The third kappa shape index (κ3) is 5.27. The van der Waals surface area contributed by atoms with Crippen molar-refractivity contribution in [2.24, 2.45) is 0 Å². The van der Waals surface area contributed by atoms with E-state index in [0.29, 0.717) is 42.0 Å². The van der Waals surface area contributed by atoms with Crippen molar-refractivity contribution in [2.75, 3.05) is 13.2 Å². The molecule has 1 unspecified atom stereocenters. The van der Waals surface area contributed by atoms with E-state index >= 15 is 0 Å². The Morgan fingerprint density at radius 1 is 0.971 bits per heavy atom. The fraction of sp³-hybridized carbons (Fsp3) is 0.276. The fourth-order valence-corrected chi connectivity index (χ4v) is 4.32. The van der Waals surface area contributed by atoms with E-state index in [-0.39, 0.29) is 11.5 Å². The van der Waals surface area contributed by atoms with Gasteiger partial charge in [0.05, 0.1) is 35.7 Å². The molecule has 6 heteroatoms. The lowest BCUT2D eigenvalue weighted by atomic mass is 10.1. The first kappa shape index (κ1) is 24.2. The van der Waals surface area contributed by atoms with E-state index in [0.717, 1.165) is 17.7 Å². The molecular weight excluding hydrogens is 438 g/mol. The first-order valence-electron chi connectivity index (χ1n) is 12.1. The Balaban J connectivity index is 1.81.